The summed E-state index contributed by atoms with van der Waals surface area (Å²) in [6.45, 7) is 9.65. The second-order valence-corrected chi connectivity index (χ2v) is 33.4. The van der Waals surface area contributed by atoms with E-state index >= 15 is 0 Å². The third kappa shape index (κ3) is 10.5. The zero-order valence-electron chi connectivity index (χ0n) is 66.3. The van der Waals surface area contributed by atoms with E-state index < -0.39 is 0 Å². The quantitative estimate of drug-likeness (QED) is 0.105. The average Bonchev–Trinajstić information content (AvgIpc) is 1.57. The van der Waals surface area contributed by atoms with Gasteiger partial charge in [0.1, 0.15) is 0 Å². The highest BCUT2D eigenvalue weighted by molar-refractivity contribution is 6.26. The maximum atomic E-state index is 2.45. The standard InChI is InChI=1S/2C59H40/c1-59(2)53-35-17-33-41(56(53)57-47-27-9-6-24-44(47)45-25-7-14-32-52(45)58(57)59)38-20-15-21-39(36-38)54-48-28-10-12-30-50(48)55(51-31-13-11-29-49(51)54)46-26-8-5-23-43(46)42-34-16-19-37-18-3-4-22-40(37)42;1-59(2)53-31-15-30-44(56(53)57-47-23-7-5-21-45(47)46-22-6-12-28-52(46)58(57)59)40-18-13-19-41(36-40)55-50-26-10-8-24-48(50)54(49-25-9-11-27-51(49)55)39-34-32-38(33-35-39)43-29-14-17-37-16-3-4-20-42(37)43/h2*3-36H,1-2H3. The van der Waals surface area contributed by atoms with Crippen molar-refractivity contribution in [3.05, 3.63) is 435 Å². The summed E-state index contributed by atoms with van der Waals surface area (Å²) in [5.74, 6) is 0. The first-order valence-corrected chi connectivity index (χ1v) is 41.5. The Labute approximate surface area is 687 Å². The summed E-state index contributed by atoms with van der Waals surface area (Å²) in [7, 11) is 0. The number of benzene rings is 22. The minimum atomic E-state index is -0.160. The topological polar surface area (TPSA) is 0 Å². The lowest BCUT2D eigenvalue weighted by Crippen LogP contribution is -2.15. The predicted octanol–water partition coefficient (Wildman–Crippen LogP) is 32.9. The number of rotatable bonds is 8. The molecule has 0 nitrogen and oxygen atoms in total. The Morgan fingerprint density at radius 1 is 0.136 bits per heavy atom. The van der Waals surface area contributed by atoms with Crippen LogP contribution in [0.2, 0.25) is 0 Å². The molecule has 0 spiro atoms. The molecule has 24 rings (SSSR count). The van der Waals surface area contributed by atoms with Gasteiger partial charge >= 0.3 is 0 Å². The van der Waals surface area contributed by atoms with Crippen molar-refractivity contribution >= 4 is 108 Å². The normalized spacial score (nSPS) is 13.1. The zero-order chi connectivity index (χ0) is 78.5. The van der Waals surface area contributed by atoms with Crippen LogP contribution in [0.1, 0.15) is 49.9 Å². The van der Waals surface area contributed by atoms with E-state index in [1.54, 1.807) is 0 Å². The lowest BCUT2D eigenvalue weighted by atomic mass is 9.79. The van der Waals surface area contributed by atoms with Gasteiger partial charge in [-0.05, 0) is 253 Å². The second-order valence-electron chi connectivity index (χ2n) is 33.4. The van der Waals surface area contributed by atoms with Crippen LogP contribution in [-0.4, -0.2) is 0 Å². The highest BCUT2D eigenvalue weighted by atomic mass is 14.4. The molecule has 0 aliphatic heterocycles. The largest absolute Gasteiger partial charge is 0.0616 e. The number of fused-ring (bicyclic) bond motifs is 22. The molecule has 0 saturated carbocycles. The van der Waals surface area contributed by atoms with Crippen molar-refractivity contribution in [2.75, 3.05) is 0 Å². The fourth-order valence-electron chi connectivity index (χ4n) is 21.4. The number of hydrogen-bond donors (Lipinski definition) is 0. The minimum Gasteiger partial charge on any atom is -0.0616 e. The molecule has 2 aliphatic carbocycles. The highest BCUT2D eigenvalue weighted by Crippen LogP contribution is 2.60. The van der Waals surface area contributed by atoms with Gasteiger partial charge in [-0.15, -0.1) is 0 Å². The van der Waals surface area contributed by atoms with Crippen molar-refractivity contribution in [1.29, 1.82) is 0 Å². The Kier molecular flexibility index (Phi) is 15.8. The van der Waals surface area contributed by atoms with Crippen LogP contribution in [0, 0.1) is 0 Å². The summed E-state index contributed by atoms with van der Waals surface area (Å²) in [6, 6.07) is 154. The van der Waals surface area contributed by atoms with Gasteiger partial charge in [0.05, 0.1) is 0 Å². The molecule has 0 heteroatoms. The Morgan fingerprint density at radius 2 is 0.390 bits per heavy atom. The molecule has 0 saturated heterocycles. The van der Waals surface area contributed by atoms with Crippen LogP contribution < -0.4 is 0 Å². The molecule has 118 heavy (non-hydrogen) atoms. The van der Waals surface area contributed by atoms with Gasteiger partial charge < -0.3 is 0 Å². The molecule has 552 valence electrons. The molecule has 0 heterocycles. The first-order chi connectivity index (χ1) is 58.1. The van der Waals surface area contributed by atoms with Crippen molar-refractivity contribution in [3.63, 3.8) is 0 Å². The molecule has 0 aromatic heterocycles. The van der Waals surface area contributed by atoms with Gasteiger partial charge in [0.2, 0.25) is 0 Å². The van der Waals surface area contributed by atoms with E-state index in [1.165, 1.54) is 241 Å². The van der Waals surface area contributed by atoms with Gasteiger partial charge in [0, 0.05) is 10.8 Å². The predicted molar refractivity (Wildman–Crippen MR) is 507 cm³/mol. The van der Waals surface area contributed by atoms with E-state index in [1.807, 2.05) is 0 Å². The summed E-state index contributed by atoms with van der Waals surface area (Å²) < 4.78 is 0. The van der Waals surface area contributed by atoms with Gasteiger partial charge in [-0.25, -0.2) is 0 Å². The third-order valence-electron chi connectivity index (χ3n) is 26.4. The van der Waals surface area contributed by atoms with Crippen LogP contribution in [-0.2, 0) is 10.8 Å². The van der Waals surface area contributed by atoms with E-state index in [-0.39, 0.29) is 10.8 Å². The Hall–Kier alpha value is -14.6. The molecule has 0 unspecified atom stereocenters. The van der Waals surface area contributed by atoms with Gasteiger partial charge in [-0.2, -0.15) is 0 Å². The molecule has 0 radical (unpaired) electrons. The van der Waals surface area contributed by atoms with E-state index in [0.717, 1.165) is 0 Å². The Bertz CT molecular complexity index is 7850. The Balaban J connectivity index is 0.000000138. The van der Waals surface area contributed by atoms with E-state index in [2.05, 4.69) is 440 Å². The monoisotopic (exact) mass is 1500 g/mol. The van der Waals surface area contributed by atoms with Crippen LogP contribution in [0.3, 0.4) is 0 Å². The first kappa shape index (κ1) is 69.0. The maximum absolute atomic E-state index is 2.45. The van der Waals surface area contributed by atoms with Gasteiger partial charge in [-0.3, -0.25) is 0 Å². The lowest BCUT2D eigenvalue weighted by Gasteiger charge is -2.24. The van der Waals surface area contributed by atoms with Crippen LogP contribution in [0.5, 0.6) is 0 Å². The second kappa shape index (κ2) is 27.0. The molecule has 0 N–H and O–H groups in total. The summed E-state index contributed by atoms with van der Waals surface area (Å²) in [5.41, 5.74) is 30.9. The van der Waals surface area contributed by atoms with Crippen molar-refractivity contribution in [2.24, 2.45) is 0 Å². The van der Waals surface area contributed by atoms with Crippen molar-refractivity contribution in [3.8, 4) is 111 Å². The van der Waals surface area contributed by atoms with E-state index in [4.69, 9.17) is 0 Å². The van der Waals surface area contributed by atoms with Gasteiger partial charge in [0.15, 0.2) is 0 Å². The summed E-state index contributed by atoms with van der Waals surface area (Å²) >= 11 is 0. The minimum absolute atomic E-state index is 0.156. The zero-order valence-corrected chi connectivity index (χ0v) is 66.3. The summed E-state index contributed by atoms with van der Waals surface area (Å²) in [5, 5.41) is 25.8. The van der Waals surface area contributed by atoms with Crippen LogP contribution in [0.25, 0.3) is 219 Å². The van der Waals surface area contributed by atoms with Crippen LogP contribution in [0.4, 0.5) is 0 Å². The molecule has 0 bridgehead atoms. The molecule has 2 aliphatic rings. The third-order valence-corrected chi connectivity index (χ3v) is 26.4. The van der Waals surface area contributed by atoms with Crippen LogP contribution >= 0.6 is 0 Å². The average molecular weight is 1500 g/mol. The van der Waals surface area contributed by atoms with Gasteiger partial charge in [-0.1, -0.05) is 428 Å². The Morgan fingerprint density at radius 3 is 0.805 bits per heavy atom. The van der Waals surface area contributed by atoms with Crippen LogP contribution in [0.15, 0.2) is 413 Å². The van der Waals surface area contributed by atoms with E-state index in [0.29, 0.717) is 0 Å². The van der Waals surface area contributed by atoms with Crippen molar-refractivity contribution in [2.45, 2.75) is 38.5 Å². The molecule has 22 aromatic rings. The molecule has 22 aromatic carbocycles. The fourth-order valence-corrected chi connectivity index (χ4v) is 21.4. The highest BCUT2D eigenvalue weighted by Gasteiger charge is 2.42. The summed E-state index contributed by atoms with van der Waals surface area (Å²) in [6.07, 6.45) is 0. The molecular weight excluding hydrogens is 1420 g/mol. The fraction of sp³-hybridized carbons (Fsp3) is 0.0508. The van der Waals surface area contributed by atoms with Crippen molar-refractivity contribution in [1.82, 2.24) is 0 Å². The molecule has 0 fully saturated rings. The number of hydrogen-bond acceptors (Lipinski definition) is 0. The maximum Gasteiger partial charge on any atom is 0.0165 e. The smallest absolute Gasteiger partial charge is 0.0165 e. The molecule has 0 amide bonds. The molecular formula is C118H80. The SMILES string of the molecule is CC1(C)c2cccc(-c3cccc(-c4c5ccccc5c(-c5ccc(-c6cccc7ccccc67)cc5)c5ccccc45)c3)c2-c2c1c1ccccc1c1ccccc21.CC1(C)c2cccc(-c3cccc(-c4c5ccccc5c(-c5ccccc5-c5cccc6ccccc56)c5ccccc45)c3)c2-c2c1c1ccccc1c1ccccc21. The van der Waals surface area contributed by atoms with Gasteiger partial charge in [0.25, 0.3) is 0 Å². The lowest BCUT2D eigenvalue weighted by molar-refractivity contribution is 0.666. The molecule has 0 atom stereocenters. The summed E-state index contributed by atoms with van der Waals surface area (Å²) in [4.78, 5) is 0. The first-order valence-electron chi connectivity index (χ1n) is 41.5. The van der Waals surface area contributed by atoms with Crippen molar-refractivity contribution < 1.29 is 0 Å². The van der Waals surface area contributed by atoms with E-state index in [9.17, 15) is 0 Å².